The Morgan fingerprint density at radius 3 is 2.28 bits per heavy atom. The Morgan fingerprint density at radius 2 is 1.66 bits per heavy atom. The minimum Gasteiger partial charge on any atom is -0.267 e. The number of benzene rings is 2. The Hall–Kier alpha value is -3.47. The zero-order valence-electron chi connectivity index (χ0n) is 14.2. The first-order chi connectivity index (χ1) is 13.7. The van der Waals surface area contributed by atoms with E-state index in [-0.39, 0.29) is 11.3 Å². The monoisotopic (exact) mass is 427 g/mol. The summed E-state index contributed by atoms with van der Waals surface area (Å²) in [4.78, 5) is 24.1. The van der Waals surface area contributed by atoms with Crippen LogP contribution in [0.5, 0.6) is 0 Å². The third-order valence-corrected chi connectivity index (χ3v) is 3.85. The van der Waals surface area contributed by atoms with E-state index in [1.807, 2.05) is 10.9 Å². The van der Waals surface area contributed by atoms with Crippen molar-refractivity contribution in [3.05, 3.63) is 76.3 Å². The Balaban J connectivity index is 1.85. The highest BCUT2D eigenvalue weighted by Crippen LogP contribution is 2.32. The molecule has 0 aliphatic carbocycles. The average Bonchev–Trinajstić information content (AvgIpc) is 3.12. The number of alkyl halides is 3. The van der Waals surface area contributed by atoms with Crippen molar-refractivity contribution >= 4 is 23.4 Å². The van der Waals surface area contributed by atoms with Crippen molar-refractivity contribution in [3.8, 4) is 5.69 Å². The molecule has 2 aromatic carbocycles. The maximum absolute atomic E-state index is 13.5. The Labute approximate surface area is 165 Å². The Morgan fingerprint density at radius 1 is 1.00 bits per heavy atom. The van der Waals surface area contributed by atoms with Gasteiger partial charge in [-0.3, -0.25) is 20.4 Å². The van der Waals surface area contributed by atoms with Crippen LogP contribution in [0, 0.1) is 5.82 Å². The summed E-state index contributed by atoms with van der Waals surface area (Å²) >= 11 is 5.70. The number of rotatable bonds is 3. The largest absolute Gasteiger partial charge is 0.435 e. The van der Waals surface area contributed by atoms with Crippen molar-refractivity contribution in [1.82, 2.24) is 25.8 Å². The third-order valence-electron chi connectivity index (χ3n) is 3.60. The molecule has 7 nitrogen and oxygen atoms in total. The summed E-state index contributed by atoms with van der Waals surface area (Å²) in [6.07, 6.45) is -5.04. The molecule has 1 aromatic heterocycles. The van der Waals surface area contributed by atoms with E-state index in [0.717, 1.165) is 18.2 Å². The predicted octanol–water partition coefficient (Wildman–Crippen LogP) is 3.15. The van der Waals surface area contributed by atoms with Gasteiger partial charge in [-0.2, -0.15) is 13.2 Å². The average molecular weight is 428 g/mol. The van der Waals surface area contributed by atoms with Gasteiger partial charge in [-0.05, 0) is 42.5 Å². The molecular weight excluding hydrogens is 418 g/mol. The molecule has 0 saturated heterocycles. The second kappa shape index (κ2) is 7.87. The number of nitrogens with zero attached hydrogens (tertiary/aromatic N) is 3. The fourth-order valence-corrected chi connectivity index (χ4v) is 2.45. The molecule has 3 aromatic rings. The van der Waals surface area contributed by atoms with Crippen molar-refractivity contribution in [2.75, 3.05) is 0 Å². The van der Waals surface area contributed by atoms with Crippen LogP contribution in [0.4, 0.5) is 17.6 Å². The number of carbonyl (C=O) groups excluding carboxylic acids is 2. The van der Waals surface area contributed by atoms with Crippen LogP contribution in [-0.4, -0.2) is 26.8 Å². The van der Waals surface area contributed by atoms with Crippen LogP contribution >= 0.6 is 11.6 Å². The van der Waals surface area contributed by atoms with E-state index in [4.69, 9.17) is 11.6 Å². The van der Waals surface area contributed by atoms with Gasteiger partial charge in [0.2, 0.25) is 0 Å². The Kier molecular flexibility index (Phi) is 5.50. The number of halogens is 5. The standard InChI is InChI=1S/C17H10ClF4N5O2/c18-10-6-4-9(5-7-10)15(28)24-25-16(29)13-14(17(20,21)22)27(26-23-13)12-3-1-2-11(19)8-12/h1-8H,(H,24,28)(H,25,29). The molecule has 150 valence electrons. The summed E-state index contributed by atoms with van der Waals surface area (Å²) in [6, 6.07) is 9.72. The lowest BCUT2D eigenvalue weighted by Gasteiger charge is -2.11. The van der Waals surface area contributed by atoms with Gasteiger partial charge < -0.3 is 0 Å². The first-order valence-electron chi connectivity index (χ1n) is 7.82. The molecule has 2 amide bonds. The second-order valence-electron chi connectivity index (χ2n) is 5.59. The maximum Gasteiger partial charge on any atom is 0.435 e. The van der Waals surface area contributed by atoms with E-state index in [1.54, 1.807) is 0 Å². The first kappa shape index (κ1) is 20.3. The lowest BCUT2D eigenvalue weighted by atomic mass is 10.2. The number of hydrogen-bond acceptors (Lipinski definition) is 4. The smallest absolute Gasteiger partial charge is 0.267 e. The summed E-state index contributed by atoms with van der Waals surface area (Å²) in [5.74, 6) is -2.95. The summed E-state index contributed by atoms with van der Waals surface area (Å²) in [6.45, 7) is 0. The number of hydrazine groups is 1. The van der Waals surface area contributed by atoms with Crippen LogP contribution in [0.2, 0.25) is 5.02 Å². The summed E-state index contributed by atoms with van der Waals surface area (Å²) in [5.41, 5.74) is 1.00. The zero-order valence-corrected chi connectivity index (χ0v) is 14.9. The van der Waals surface area contributed by atoms with Gasteiger partial charge in [0, 0.05) is 10.6 Å². The van der Waals surface area contributed by atoms with Gasteiger partial charge in [0.1, 0.15) is 5.82 Å². The van der Waals surface area contributed by atoms with Gasteiger partial charge in [-0.25, -0.2) is 9.07 Å². The molecule has 0 aliphatic heterocycles. The van der Waals surface area contributed by atoms with Crippen molar-refractivity contribution in [2.24, 2.45) is 0 Å². The second-order valence-corrected chi connectivity index (χ2v) is 6.03. The molecule has 0 bridgehead atoms. The molecule has 2 N–H and O–H groups in total. The summed E-state index contributed by atoms with van der Waals surface area (Å²) < 4.78 is 54.2. The molecule has 0 radical (unpaired) electrons. The number of hydrogen-bond donors (Lipinski definition) is 2. The van der Waals surface area contributed by atoms with Gasteiger partial charge in [0.05, 0.1) is 5.69 Å². The zero-order chi connectivity index (χ0) is 21.2. The summed E-state index contributed by atoms with van der Waals surface area (Å²) in [7, 11) is 0. The SMILES string of the molecule is O=C(NNC(=O)c1nnn(-c2cccc(F)c2)c1C(F)(F)F)c1ccc(Cl)cc1. The van der Waals surface area contributed by atoms with Gasteiger partial charge in [-0.1, -0.05) is 22.9 Å². The number of carbonyl (C=O) groups is 2. The molecule has 3 rings (SSSR count). The lowest BCUT2D eigenvalue weighted by Crippen LogP contribution is -2.42. The molecule has 0 atom stereocenters. The van der Waals surface area contributed by atoms with E-state index in [1.165, 1.54) is 30.3 Å². The maximum atomic E-state index is 13.5. The molecule has 0 saturated carbocycles. The number of amides is 2. The van der Waals surface area contributed by atoms with Crippen LogP contribution in [-0.2, 0) is 6.18 Å². The van der Waals surface area contributed by atoms with Crippen molar-refractivity contribution in [1.29, 1.82) is 0 Å². The highest BCUT2D eigenvalue weighted by Gasteiger charge is 2.42. The first-order valence-corrected chi connectivity index (χ1v) is 8.19. The molecule has 0 aliphatic rings. The predicted molar refractivity (Wildman–Crippen MR) is 92.7 cm³/mol. The highest BCUT2D eigenvalue weighted by molar-refractivity contribution is 6.30. The van der Waals surface area contributed by atoms with Gasteiger partial charge >= 0.3 is 6.18 Å². The fraction of sp³-hybridized carbons (Fsp3) is 0.0588. The van der Waals surface area contributed by atoms with Crippen molar-refractivity contribution in [2.45, 2.75) is 6.18 Å². The van der Waals surface area contributed by atoms with Crippen molar-refractivity contribution < 1.29 is 27.2 Å². The fourth-order valence-electron chi connectivity index (χ4n) is 2.32. The van der Waals surface area contributed by atoms with Gasteiger partial charge in [0.25, 0.3) is 11.8 Å². The highest BCUT2D eigenvalue weighted by atomic mass is 35.5. The minimum absolute atomic E-state index is 0.106. The van der Waals surface area contributed by atoms with E-state index in [9.17, 15) is 27.2 Å². The van der Waals surface area contributed by atoms with Crippen LogP contribution in [0.15, 0.2) is 48.5 Å². The number of nitrogens with one attached hydrogen (secondary N) is 2. The lowest BCUT2D eigenvalue weighted by molar-refractivity contribution is -0.143. The van der Waals surface area contributed by atoms with Crippen molar-refractivity contribution in [3.63, 3.8) is 0 Å². The normalized spacial score (nSPS) is 11.2. The Bertz CT molecular complexity index is 1070. The molecule has 1 heterocycles. The van der Waals surface area contributed by atoms with E-state index >= 15 is 0 Å². The molecule has 0 unspecified atom stereocenters. The number of aromatic nitrogens is 3. The molecule has 0 spiro atoms. The van der Waals surface area contributed by atoms with E-state index in [0.29, 0.717) is 9.70 Å². The third kappa shape index (κ3) is 4.51. The van der Waals surface area contributed by atoms with E-state index in [2.05, 4.69) is 10.3 Å². The quantitative estimate of drug-likeness (QED) is 0.496. The van der Waals surface area contributed by atoms with Crippen LogP contribution in [0.1, 0.15) is 26.5 Å². The van der Waals surface area contributed by atoms with Crippen LogP contribution in [0.3, 0.4) is 0 Å². The van der Waals surface area contributed by atoms with Crippen LogP contribution < -0.4 is 10.9 Å². The van der Waals surface area contributed by atoms with Crippen LogP contribution in [0.25, 0.3) is 5.69 Å². The molecule has 0 fully saturated rings. The molecular formula is C17H10ClF4N5O2. The topological polar surface area (TPSA) is 88.9 Å². The molecule has 12 heteroatoms. The van der Waals surface area contributed by atoms with E-state index < -0.39 is 35.2 Å². The minimum atomic E-state index is -5.04. The molecule has 29 heavy (non-hydrogen) atoms. The van der Waals surface area contributed by atoms with Gasteiger partial charge in [-0.15, -0.1) is 5.10 Å². The van der Waals surface area contributed by atoms with Gasteiger partial charge in [0.15, 0.2) is 11.4 Å². The summed E-state index contributed by atoms with van der Waals surface area (Å²) in [5, 5.41) is 6.91.